The molecule has 2 aliphatic rings. The number of carbonyl (C=O) groups excluding carboxylic acids is 1. The molecule has 1 saturated heterocycles. The van der Waals surface area contributed by atoms with E-state index in [0.717, 1.165) is 19.8 Å². The second-order valence-corrected chi connectivity index (χ2v) is 5.99. The van der Waals surface area contributed by atoms with Crippen LogP contribution in [0.2, 0.25) is 0 Å². The van der Waals surface area contributed by atoms with Crippen molar-refractivity contribution in [3.63, 3.8) is 0 Å². The third-order valence-electron chi connectivity index (χ3n) is 2.87. The number of rotatable bonds is 1. The Morgan fingerprint density at radius 3 is 2.57 bits per heavy atom. The molecule has 2 fully saturated rings. The van der Waals surface area contributed by atoms with Crippen LogP contribution in [0.15, 0.2) is 0 Å². The van der Waals surface area contributed by atoms with Gasteiger partial charge in [0.1, 0.15) is 6.10 Å². The van der Waals surface area contributed by atoms with Gasteiger partial charge in [0, 0.05) is 6.92 Å². The number of sulfone groups is 1. The first kappa shape index (κ1) is 10.1. The van der Waals surface area contributed by atoms with Gasteiger partial charge in [-0.2, -0.15) is 0 Å². The molecule has 1 aliphatic heterocycles. The molecule has 0 spiro atoms. The van der Waals surface area contributed by atoms with E-state index < -0.39 is 26.0 Å². The average molecular weight is 220 g/mol. The monoisotopic (exact) mass is 220 g/mol. The minimum atomic E-state index is -3.85. The molecule has 0 radical (unpaired) electrons. The Morgan fingerprint density at radius 1 is 1.43 bits per heavy atom. The van der Waals surface area contributed by atoms with Crippen LogP contribution in [0, 0.1) is 0 Å². The minimum Gasteiger partial charge on any atom is -0.282 e. The zero-order chi connectivity index (χ0) is 10.4. The highest BCUT2D eigenvalue weighted by Gasteiger charge is 2.63. The van der Waals surface area contributed by atoms with E-state index in [1.807, 2.05) is 0 Å². The van der Waals surface area contributed by atoms with Gasteiger partial charge in [0.25, 0.3) is 0 Å². The van der Waals surface area contributed by atoms with E-state index in [-0.39, 0.29) is 0 Å². The Hall–Kier alpha value is -0.460. The molecule has 0 N–H and O–H groups in total. The van der Waals surface area contributed by atoms with E-state index in [2.05, 4.69) is 0 Å². The van der Waals surface area contributed by atoms with Crippen molar-refractivity contribution >= 4 is 15.0 Å². The largest absolute Gasteiger partial charge is 0.282 e. The number of carbonyl (C=O) groups is 1. The van der Waals surface area contributed by atoms with Gasteiger partial charge >= 0.3 is 0 Å². The summed E-state index contributed by atoms with van der Waals surface area (Å²) in [5.41, 5.74) is 0. The van der Waals surface area contributed by atoms with Crippen molar-refractivity contribution in [3.8, 4) is 0 Å². The molecule has 0 aromatic heterocycles. The minimum absolute atomic E-state index is 0.361. The van der Waals surface area contributed by atoms with E-state index in [4.69, 9.17) is 9.78 Å². The summed E-state index contributed by atoms with van der Waals surface area (Å²) in [5.74, 6) is 0. The highest BCUT2D eigenvalue weighted by Crippen LogP contribution is 2.46. The van der Waals surface area contributed by atoms with Gasteiger partial charge in [0.15, 0.2) is 0 Å². The summed E-state index contributed by atoms with van der Waals surface area (Å²) in [6, 6.07) is 0. The second-order valence-electron chi connectivity index (χ2n) is 3.72. The first-order valence-corrected chi connectivity index (χ1v) is 6.09. The fraction of sp³-hybridized carbons (Fsp3) is 0.875. The molecule has 1 saturated carbocycles. The standard InChI is InChI=1S/C8H12O5S/c1-6(9)14(10,11)8-5-3-2-4-7(8)12-13-8/h7H,2-5H2,1H3. The SMILES string of the molecule is CC(=O)S(=O)(=O)C12CCCCC1OO2. The van der Waals surface area contributed by atoms with E-state index in [1.165, 1.54) is 0 Å². The molecule has 6 heteroatoms. The molecule has 0 bridgehead atoms. The zero-order valence-electron chi connectivity index (χ0n) is 7.86. The summed E-state index contributed by atoms with van der Waals surface area (Å²) in [4.78, 5) is 19.1. The fourth-order valence-corrected chi connectivity index (χ4v) is 3.52. The summed E-state index contributed by atoms with van der Waals surface area (Å²) >= 11 is 0. The van der Waals surface area contributed by atoms with Gasteiger partial charge in [-0.15, -0.1) is 0 Å². The molecule has 1 heterocycles. The van der Waals surface area contributed by atoms with Crippen LogP contribution in [-0.4, -0.2) is 24.6 Å². The van der Waals surface area contributed by atoms with E-state index in [1.54, 1.807) is 0 Å². The van der Waals surface area contributed by atoms with Crippen LogP contribution < -0.4 is 0 Å². The number of hydrogen-bond acceptors (Lipinski definition) is 5. The molecular formula is C8H12O5S. The predicted octanol–water partition coefficient (Wildman–Crippen LogP) is 0.548. The highest BCUT2D eigenvalue weighted by molar-refractivity contribution is 8.07. The fourth-order valence-electron chi connectivity index (χ4n) is 1.99. The maximum absolute atomic E-state index is 11.7. The normalized spacial score (nSPS) is 37.1. The Bertz CT molecular complexity index is 360. The van der Waals surface area contributed by atoms with Crippen LogP contribution >= 0.6 is 0 Å². The first-order chi connectivity index (χ1) is 6.51. The second kappa shape index (κ2) is 3.01. The lowest BCUT2D eigenvalue weighted by atomic mass is 9.93. The van der Waals surface area contributed by atoms with Crippen molar-refractivity contribution in [2.75, 3.05) is 0 Å². The summed E-state index contributed by atoms with van der Waals surface area (Å²) < 4.78 is 23.4. The van der Waals surface area contributed by atoms with Crippen LogP contribution in [0.5, 0.6) is 0 Å². The molecule has 0 amide bonds. The quantitative estimate of drug-likeness (QED) is 0.603. The number of hydrogen-bond donors (Lipinski definition) is 0. The molecule has 2 atom stereocenters. The van der Waals surface area contributed by atoms with Crippen LogP contribution in [0.25, 0.3) is 0 Å². The first-order valence-electron chi connectivity index (χ1n) is 4.60. The third-order valence-corrected chi connectivity index (χ3v) is 5.07. The molecule has 14 heavy (non-hydrogen) atoms. The molecule has 0 aromatic rings. The van der Waals surface area contributed by atoms with Gasteiger partial charge in [-0.1, -0.05) is 6.42 Å². The summed E-state index contributed by atoms with van der Waals surface area (Å²) in [7, 11) is -3.85. The van der Waals surface area contributed by atoms with Crippen LogP contribution in [0.3, 0.4) is 0 Å². The van der Waals surface area contributed by atoms with Crippen LogP contribution in [-0.2, 0) is 24.4 Å². The van der Waals surface area contributed by atoms with Crippen molar-refractivity contribution < 1.29 is 23.0 Å². The smallest absolute Gasteiger partial charge is 0.247 e. The molecular weight excluding hydrogens is 208 g/mol. The Balaban J connectivity index is 2.36. The van der Waals surface area contributed by atoms with Crippen LogP contribution in [0.1, 0.15) is 32.6 Å². The topological polar surface area (TPSA) is 69.7 Å². The Morgan fingerprint density at radius 2 is 2.14 bits per heavy atom. The predicted molar refractivity (Wildman–Crippen MR) is 46.8 cm³/mol. The maximum Gasteiger partial charge on any atom is 0.247 e. The van der Waals surface area contributed by atoms with Gasteiger partial charge < -0.3 is 0 Å². The molecule has 80 valence electrons. The van der Waals surface area contributed by atoms with E-state index in [9.17, 15) is 13.2 Å². The van der Waals surface area contributed by atoms with Crippen LogP contribution in [0.4, 0.5) is 0 Å². The van der Waals surface area contributed by atoms with E-state index in [0.29, 0.717) is 12.8 Å². The van der Waals surface area contributed by atoms with Gasteiger partial charge in [0.05, 0.1) is 0 Å². The highest BCUT2D eigenvalue weighted by atomic mass is 32.2. The molecule has 2 rings (SSSR count). The lowest BCUT2D eigenvalue weighted by Crippen LogP contribution is -2.63. The Labute approximate surface area is 82.2 Å². The van der Waals surface area contributed by atoms with Gasteiger partial charge in [0.2, 0.25) is 19.9 Å². The van der Waals surface area contributed by atoms with Crippen molar-refractivity contribution in [1.82, 2.24) is 0 Å². The van der Waals surface area contributed by atoms with Gasteiger partial charge in [-0.25, -0.2) is 18.2 Å². The third kappa shape index (κ3) is 1.07. The zero-order valence-corrected chi connectivity index (χ0v) is 8.67. The van der Waals surface area contributed by atoms with E-state index >= 15 is 0 Å². The molecule has 1 aliphatic carbocycles. The van der Waals surface area contributed by atoms with Crippen molar-refractivity contribution in [3.05, 3.63) is 0 Å². The lowest BCUT2D eigenvalue weighted by molar-refractivity contribution is -0.488. The average Bonchev–Trinajstić information content (AvgIpc) is 2.06. The molecule has 0 aromatic carbocycles. The van der Waals surface area contributed by atoms with Gasteiger partial charge in [-0.3, -0.25) is 4.79 Å². The molecule has 2 unspecified atom stereocenters. The van der Waals surface area contributed by atoms with Crippen molar-refractivity contribution in [2.45, 2.75) is 43.6 Å². The summed E-state index contributed by atoms with van der Waals surface area (Å²) in [6.07, 6.45) is 2.23. The lowest BCUT2D eigenvalue weighted by Gasteiger charge is -2.47. The summed E-state index contributed by atoms with van der Waals surface area (Å²) in [6.45, 7) is 1.05. The van der Waals surface area contributed by atoms with Crippen molar-refractivity contribution in [2.24, 2.45) is 0 Å². The molecule has 5 nitrogen and oxygen atoms in total. The summed E-state index contributed by atoms with van der Waals surface area (Å²) in [5, 5.41) is -0.840. The van der Waals surface area contributed by atoms with Crippen molar-refractivity contribution in [1.29, 1.82) is 0 Å². The van der Waals surface area contributed by atoms with Gasteiger partial charge in [-0.05, 0) is 19.3 Å². The maximum atomic E-state index is 11.7. The number of fused-ring (bicyclic) bond motifs is 1. The Kier molecular flexibility index (Phi) is 2.17.